The molecule has 0 spiro atoms. The van der Waals surface area contributed by atoms with Crippen LogP contribution in [0.3, 0.4) is 0 Å². The van der Waals surface area contributed by atoms with Crippen LogP contribution in [0, 0.1) is 0 Å². The van der Waals surface area contributed by atoms with Gasteiger partial charge >= 0.3 is 0 Å². The molecule has 2 heteroatoms. The molecular formula is C23H15NS. The highest BCUT2D eigenvalue weighted by molar-refractivity contribution is 7.21. The molecule has 118 valence electrons. The number of thiazole rings is 1. The van der Waals surface area contributed by atoms with Crippen LogP contribution in [0.5, 0.6) is 0 Å². The van der Waals surface area contributed by atoms with E-state index in [4.69, 9.17) is 4.98 Å². The van der Waals surface area contributed by atoms with E-state index in [9.17, 15) is 0 Å². The summed E-state index contributed by atoms with van der Waals surface area (Å²) in [6, 6.07) is 32.0. The second-order valence-corrected chi connectivity index (χ2v) is 7.12. The number of para-hydroxylation sites is 1. The molecule has 0 aliphatic rings. The Morgan fingerprint density at radius 2 is 1.40 bits per heavy atom. The van der Waals surface area contributed by atoms with Crippen LogP contribution in [-0.2, 0) is 0 Å². The summed E-state index contributed by atoms with van der Waals surface area (Å²) in [5.41, 5.74) is 4.74. The van der Waals surface area contributed by atoms with Crippen LogP contribution in [0.2, 0.25) is 0 Å². The molecule has 0 atom stereocenters. The minimum absolute atomic E-state index is 1.07. The van der Waals surface area contributed by atoms with Gasteiger partial charge in [0.05, 0.1) is 10.2 Å². The van der Waals surface area contributed by atoms with Crippen molar-refractivity contribution in [3.05, 3.63) is 91.0 Å². The summed E-state index contributed by atoms with van der Waals surface area (Å²) in [4.78, 5) is 4.80. The van der Waals surface area contributed by atoms with Crippen LogP contribution in [0.25, 0.3) is 42.7 Å². The molecule has 1 aromatic heterocycles. The third-order valence-electron chi connectivity index (χ3n) is 4.50. The van der Waals surface area contributed by atoms with Gasteiger partial charge in [-0.1, -0.05) is 72.8 Å². The zero-order chi connectivity index (χ0) is 16.6. The first kappa shape index (κ1) is 14.4. The third kappa shape index (κ3) is 2.51. The maximum atomic E-state index is 4.80. The van der Waals surface area contributed by atoms with Crippen molar-refractivity contribution < 1.29 is 0 Å². The number of nitrogens with zero attached hydrogens (tertiary/aromatic N) is 1. The number of hydrogen-bond donors (Lipinski definition) is 0. The van der Waals surface area contributed by atoms with Gasteiger partial charge in [-0.05, 0) is 40.1 Å². The van der Waals surface area contributed by atoms with Gasteiger partial charge in [0.25, 0.3) is 0 Å². The molecule has 0 saturated heterocycles. The van der Waals surface area contributed by atoms with Crippen LogP contribution >= 0.6 is 11.3 Å². The number of aromatic nitrogens is 1. The van der Waals surface area contributed by atoms with Crippen LogP contribution in [0.15, 0.2) is 91.0 Å². The fourth-order valence-electron chi connectivity index (χ4n) is 3.29. The van der Waals surface area contributed by atoms with Gasteiger partial charge in [-0.15, -0.1) is 11.3 Å². The SMILES string of the molecule is c1cc(-c2nc3ccccc3s2)cc(-c2cccc3ccccc23)c1. The van der Waals surface area contributed by atoms with Crippen molar-refractivity contribution in [2.75, 3.05) is 0 Å². The summed E-state index contributed by atoms with van der Waals surface area (Å²) >= 11 is 1.75. The fraction of sp³-hybridized carbons (Fsp3) is 0. The van der Waals surface area contributed by atoms with Gasteiger partial charge in [0.2, 0.25) is 0 Å². The summed E-state index contributed by atoms with van der Waals surface area (Å²) in [6.45, 7) is 0. The molecule has 0 unspecified atom stereocenters. The highest BCUT2D eigenvalue weighted by Gasteiger charge is 2.08. The van der Waals surface area contributed by atoms with Gasteiger partial charge < -0.3 is 0 Å². The predicted molar refractivity (Wildman–Crippen MR) is 108 cm³/mol. The second kappa shape index (κ2) is 5.83. The molecule has 0 saturated carbocycles. The lowest BCUT2D eigenvalue weighted by Crippen LogP contribution is -1.83. The summed E-state index contributed by atoms with van der Waals surface area (Å²) in [6.07, 6.45) is 0. The molecule has 0 aliphatic heterocycles. The average molecular weight is 337 g/mol. The van der Waals surface area contributed by atoms with Crippen molar-refractivity contribution in [2.45, 2.75) is 0 Å². The van der Waals surface area contributed by atoms with Gasteiger partial charge in [0.1, 0.15) is 5.01 Å². The van der Waals surface area contributed by atoms with Gasteiger partial charge in [-0.25, -0.2) is 4.98 Å². The number of hydrogen-bond acceptors (Lipinski definition) is 2. The van der Waals surface area contributed by atoms with Crippen molar-refractivity contribution in [1.82, 2.24) is 4.98 Å². The molecule has 0 fully saturated rings. The molecule has 0 bridgehead atoms. The molecular weight excluding hydrogens is 322 g/mol. The van der Waals surface area contributed by atoms with E-state index in [0.29, 0.717) is 0 Å². The largest absolute Gasteiger partial charge is 0.236 e. The first-order valence-electron chi connectivity index (χ1n) is 8.33. The topological polar surface area (TPSA) is 12.9 Å². The zero-order valence-corrected chi connectivity index (χ0v) is 14.3. The lowest BCUT2D eigenvalue weighted by molar-refractivity contribution is 1.48. The summed E-state index contributed by atoms with van der Waals surface area (Å²) < 4.78 is 1.23. The van der Waals surface area contributed by atoms with Crippen molar-refractivity contribution >= 4 is 32.3 Å². The number of fused-ring (bicyclic) bond motifs is 2. The van der Waals surface area contributed by atoms with Crippen LogP contribution in [0.1, 0.15) is 0 Å². The molecule has 1 nitrogen and oxygen atoms in total. The highest BCUT2D eigenvalue weighted by atomic mass is 32.1. The van der Waals surface area contributed by atoms with Crippen molar-refractivity contribution in [3.8, 4) is 21.7 Å². The number of benzene rings is 4. The summed E-state index contributed by atoms with van der Waals surface area (Å²) in [7, 11) is 0. The minimum atomic E-state index is 1.07. The van der Waals surface area contributed by atoms with Crippen LogP contribution in [0.4, 0.5) is 0 Å². The fourth-order valence-corrected chi connectivity index (χ4v) is 4.25. The molecule has 5 aromatic rings. The van der Waals surface area contributed by atoms with E-state index >= 15 is 0 Å². The Labute approximate surface area is 150 Å². The molecule has 0 amide bonds. The van der Waals surface area contributed by atoms with Crippen LogP contribution < -0.4 is 0 Å². The van der Waals surface area contributed by atoms with Crippen molar-refractivity contribution in [3.63, 3.8) is 0 Å². The standard InChI is InChI=1S/C23H15NS/c1-2-11-19-16(7-1)8-6-12-20(19)17-9-5-10-18(15-17)23-24-21-13-3-4-14-22(21)25-23/h1-15H. The molecule has 1 heterocycles. The van der Waals surface area contributed by atoms with Crippen molar-refractivity contribution in [2.24, 2.45) is 0 Å². The molecule has 25 heavy (non-hydrogen) atoms. The lowest BCUT2D eigenvalue weighted by atomic mass is 9.97. The Kier molecular flexibility index (Phi) is 3.36. The Balaban J connectivity index is 1.67. The van der Waals surface area contributed by atoms with E-state index in [1.165, 1.54) is 32.2 Å². The first-order chi connectivity index (χ1) is 12.4. The molecule has 0 N–H and O–H groups in total. The quantitative estimate of drug-likeness (QED) is 0.346. The normalized spacial score (nSPS) is 11.2. The van der Waals surface area contributed by atoms with E-state index in [-0.39, 0.29) is 0 Å². The van der Waals surface area contributed by atoms with E-state index < -0.39 is 0 Å². The smallest absolute Gasteiger partial charge is 0.124 e. The van der Waals surface area contributed by atoms with Crippen molar-refractivity contribution in [1.29, 1.82) is 0 Å². The first-order valence-corrected chi connectivity index (χ1v) is 9.14. The average Bonchev–Trinajstić information content (AvgIpc) is 3.12. The monoisotopic (exact) mass is 337 g/mol. The minimum Gasteiger partial charge on any atom is -0.236 e. The Hall–Kier alpha value is -2.97. The second-order valence-electron chi connectivity index (χ2n) is 6.09. The van der Waals surface area contributed by atoms with Gasteiger partial charge in [-0.2, -0.15) is 0 Å². The number of rotatable bonds is 2. The van der Waals surface area contributed by atoms with E-state index in [0.717, 1.165) is 10.5 Å². The Morgan fingerprint density at radius 3 is 2.36 bits per heavy atom. The molecule has 0 aliphatic carbocycles. The maximum absolute atomic E-state index is 4.80. The highest BCUT2D eigenvalue weighted by Crippen LogP contribution is 2.34. The predicted octanol–water partition coefficient (Wildman–Crippen LogP) is 6.78. The van der Waals surface area contributed by atoms with E-state index in [1.807, 2.05) is 6.07 Å². The maximum Gasteiger partial charge on any atom is 0.124 e. The van der Waals surface area contributed by atoms with Gasteiger partial charge in [0.15, 0.2) is 0 Å². The van der Waals surface area contributed by atoms with Gasteiger partial charge in [-0.3, -0.25) is 0 Å². The molecule has 4 aromatic carbocycles. The van der Waals surface area contributed by atoms with Crippen LogP contribution in [-0.4, -0.2) is 4.98 Å². The Morgan fingerprint density at radius 1 is 0.640 bits per heavy atom. The van der Waals surface area contributed by atoms with E-state index in [2.05, 4.69) is 84.9 Å². The summed E-state index contributed by atoms with van der Waals surface area (Å²) in [5, 5.41) is 3.63. The Bertz CT molecular complexity index is 1160. The summed E-state index contributed by atoms with van der Waals surface area (Å²) in [5.74, 6) is 0. The lowest BCUT2D eigenvalue weighted by Gasteiger charge is -2.08. The van der Waals surface area contributed by atoms with E-state index in [1.54, 1.807) is 11.3 Å². The molecule has 5 rings (SSSR count). The zero-order valence-electron chi connectivity index (χ0n) is 13.5. The van der Waals surface area contributed by atoms with Gasteiger partial charge in [0, 0.05) is 5.56 Å². The molecule has 0 radical (unpaired) electrons. The third-order valence-corrected chi connectivity index (χ3v) is 5.59.